The number of rotatable bonds is 3. The normalized spacial score (nSPS) is 17.2. The molecule has 8 heteroatoms. The quantitative estimate of drug-likeness (QED) is 0.691. The SMILES string of the molecule is CC(C)c1nn(C)c2sc(C(=O)N3CCNCC3c3cccc(F)c3)cc12.Cl. The van der Waals surface area contributed by atoms with Crippen molar-refractivity contribution in [3.05, 3.63) is 52.3 Å². The molecule has 1 N–H and O–H groups in total. The maximum atomic E-state index is 13.7. The molecule has 1 aromatic carbocycles. The minimum atomic E-state index is -0.278. The highest BCUT2D eigenvalue weighted by Crippen LogP contribution is 2.34. The Morgan fingerprint density at radius 2 is 2.14 bits per heavy atom. The number of aromatic nitrogens is 2. The average Bonchev–Trinajstić information content (AvgIpc) is 3.22. The highest BCUT2D eigenvalue weighted by Gasteiger charge is 2.30. The fourth-order valence-corrected chi connectivity index (χ4v) is 4.73. The summed E-state index contributed by atoms with van der Waals surface area (Å²) in [5.74, 6) is 0.0205. The monoisotopic (exact) mass is 422 g/mol. The fourth-order valence-electron chi connectivity index (χ4n) is 3.70. The number of amides is 1. The average molecular weight is 423 g/mol. The first-order valence-corrected chi connectivity index (χ1v) is 10.0. The van der Waals surface area contributed by atoms with Crippen LogP contribution in [0.5, 0.6) is 0 Å². The molecule has 0 saturated carbocycles. The summed E-state index contributed by atoms with van der Waals surface area (Å²) in [5.41, 5.74) is 1.84. The van der Waals surface area contributed by atoms with Gasteiger partial charge in [0.2, 0.25) is 0 Å². The largest absolute Gasteiger partial charge is 0.328 e. The van der Waals surface area contributed by atoms with E-state index < -0.39 is 0 Å². The molecule has 3 heterocycles. The molecule has 3 aromatic rings. The molecule has 0 aliphatic carbocycles. The number of hydrogen-bond acceptors (Lipinski definition) is 4. The Labute approximate surface area is 173 Å². The zero-order chi connectivity index (χ0) is 19.1. The Bertz CT molecular complexity index is 999. The number of carbonyl (C=O) groups excluding carboxylic acids is 1. The summed E-state index contributed by atoms with van der Waals surface area (Å²) < 4.78 is 15.6. The maximum absolute atomic E-state index is 13.7. The van der Waals surface area contributed by atoms with Crippen molar-refractivity contribution in [2.75, 3.05) is 19.6 Å². The molecule has 28 heavy (non-hydrogen) atoms. The van der Waals surface area contributed by atoms with Gasteiger partial charge in [-0.3, -0.25) is 9.48 Å². The van der Waals surface area contributed by atoms with Gasteiger partial charge in [-0.25, -0.2) is 4.39 Å². The van der Waals surface area contributed by atoms with Gasteiger partial charge in [-0.15, -0.1) is 23.7 Å². The Hall–Kier alpha value is -1.96. The molecule has 1 aliphatic rings. The zero-order valence-corrected chi connectivity index (χ0v) is 17.7. The van der Waals surface area contributed by atoms with Gasteiger partial charge in [0.1, 0.15) is 10.6 Å². The molecule has 4 rings (SSSR count). The first kappa shape index (κ1) is 20.8. The summed E-state index contributed by atoms with van der Waals surface area (Å²) in [6, 6.07) is 8.32. The van der Waals surface area contributed by atoms with Crippen LogP contribution in [0.15, 0.2) is 30.3 Å². The summed E-state index contributed by atoms with van der Waals surface area (Å²) in [4.78, 5) is 16.9. The lowest BCUT2D eigenvalue weighted by molar-refractivity contribution is 0.0639. The van der Waals surface area contributed by atoms with Crippen LogP contribution in [-0.2, 0) is 7.05 Å². The topological polar surface area (TPSA) is 50.2 Å². The molecule has 5 nitrogen and oxygen atoms in total. The number of halogens is 2. The van der Waals surface area contributed by atoms with Gasteiger partial charge in [-0.1, -0.05) is 26.0 Å². The third-order valence-corrected chi connectivity index (χ3v) is 6.23. The molecular formula is C20H24ClFN4OS. The second-order valence-electron chi connectivity index (χ2n) is 7.27. The van der Waals surface area contributed by atoms with Gasteiger partial charge >= 0.3 is 0 Å². The van der Waals surface area contributed by atoms with Gasteiger partial charge in [-0.2, -0.15) is 5.10 Å². The summed E-state index contributed by atoms with van der Waals surface area (Å²) in [6.45, 7) is 6.18. The van der Waals surface area contributed by atoms with Crippen LogP contribution < -0.4 is 5.32 Å². The number of benzene rings is 1. The van der Waals surface area contributed by atoms with Crippen molar-refractivity contribution in [2.24, 2.45) is 7.05 Å². The number of thiophene rings is 1. The molecule has 1 amide bonds. The van der Waals surface area contributed by atoms with Gasteiger partial charge in [-0.05, 0) is 29.7 Å². The lowest BCUT2D eigenvalue weighted by atomic mass is 10.0. The first-order chi connectivity index (χ1) is 13.0. The van der Waals surface area contributed by atoms with Crippen LogP contribution in [0.1, 0.15) is 46.7 Å². The van der Waals surface area contributed by atoms with E-state index in [1.54, 1.807) is 6.07 Å². The van der Waals surface area contributed by atoms with E-state index in [4.69, 9.17) is 0 Å². The van der Waals surface area contributed by atoms with Gasteiger partial charge in [0.25, 0.3) is 5.91 Å². The molecule has 1 atom stereocenters. The van der Waals surface area contributed by atoms with Gasteiger partial charge in [0.15, 0.2) is 0 Å². The van der Waals surface area contributed by atoms with E-state index in [-0.39, 0.29) is 30.2 Å². The minimum absolute atomic E-state index is 0. The molecule has 150 valence electrons. The van der Waals surface area contributed by atoms with Crippen molar-refractivity contribution in [1.82, 2.24) is 20.0 Å². The number of hydrogen-bond donors (Lipinski definition) is 1. The predicted octanol–water partition coefficient (Wildman–Crippen LogP) is 4.11. The summed E-state index contributed by atoms with van der Waals surface area (Å²) >= 11 is 1.48. The third kappa shape index (κ3) is 3.66. The van der Waals surface area contributed by atoms with Crippen LogP contribution in [0.4, 0.5) is 4.39 Å². The molecular weight excluding hydrogens is 399 g/mol. The molecule has 2 aromatic heterocycles. The lowest BCUT2D eigenvalue weighted by Gasteiger charge is -2.36. The van der Waals surface area contributed by atoms with E-state index in [1.807, 2.05) is 28.8 Å². The van der Waals surface area contributed by atoms with E-state index >= 15 is 0 Å². The second-order valence-corrected chi connectivity index (χ2v) is 8.30. The maximum Gasteiger partial charge on any atom is 0.264 e. The molecule has 1 aliphatic heterocycles. The molecule has 1 fully saturated rings. The molecule has 1 saturated heterocycles. The van der Waals surface area contributed by atoms with Crippen molar-refractivity contribution in [2.45, 2.75) is 25.8 Å². The zero-order valence-electron chi connectivity index (χ0n) is 16.1. The van der Waals surface area contributed by atoms with E-state index in [1.165, 1.54) is 23.5 Å². The molecule has 0 bridgehead atoms. The number of aryl methyl sites for hydroxylation is 1. The van der Waals surface area contributed by atoms with Crippen molar-refractivity contribution < 1.29 is 9.18 Å². The van der Waals surface area contributed by atoms with E-state index in [0.717, 1.165) is 28.0 Å². The Balaban J connectivity index is 0.00000225. The predicted molar refractivity (Wildman–Crippen MR) is 113 cm³/mol. The van der Waals surface area contributed by atoms with Crippen LogP contribution in [0.2, 0.25) is 0 Å². The van der Waals surface area contributed by atoms with Gasteiger partial charge < -0.3 is 10.2 Å². The molecule has 0 radical (unpaired) electrons. The summed E-state index contributed by atoms with van der Waals surface area (Å²) in [7, 11) is 1.92. The Kier molecular flexibility index (Phi) is 6.07. The van der Waals surface area contributed by atoms with Gasteiger partial charge in [0.05, 0.1) is 16.6 Å². The summed E-state index contributed by atoms with van der Waals surface area (Å²) in [5, 5.41) is 8.96. The standard InChI is InChI=1S/C20H23FN4OS.ClH/c1-12(2)18-15-10-17(27-20(15)24(3)23-18)19(26)25-8-7-22-11-16(25)13-5-4-6-14(21)9-13;/h4-6,9-10,12,16,22H,7-8,11H2,1-3H3;1H. The lowest BCUT2D eigenvalue weighted by Crippen LogP contribution is -2.48. The van der Waals surface area contributed by atoms with Crippen molar-refractivity contribution >= 4 is 39.9 Å². The molecule has 1 unspecified atom stereocenters. The van der Waals surface area contributed by atoms with Gasteiger partial charge in [0, 0.05) is 32.1 Å². The smallest absolute Gasteiger partial charge is 0.264 e. The van der Waals surface area contributed by atoms with E-state index in [2.05, 4.69) is 24.3 Å². The van der Waals surface area contributed by atoms with Crippen molar-refractivity contribution in [1.29, 1.82) is 0 Å². The Morgan fingerprint density at radius 3 is 2.86 bits per heavy atom. The van der Waals surface area contributed by atoms with Crippen LogP contribution >= 0.6 is 23.7 Å². The fraction of sp³-hybridized carbons (Fsp3) is 0.400. The van der Waals surface area contributed by atoms with Crippen molar-refractivity contribution in [3.8, 4) is 0 Å². The van der Waals surface area contributed by atoms with E-state index in [0.29, 0.717) is 23.9 Å². The van der Waals surface area contributed by atoms with Crippen LogP contribution in [0, 0.1) is 5.82 Å². The Morgan fingerprint density at radius 1 is 1.36 bits per heavy atom. The summed E-state index contributed by atoms with van der Waals surface area (Å²) in [6.07, 6.45) is 0. The van der Waals surface area contributed by atoms with Crippen LogP contribution in [0.3, 0.4) is 0 Å². The van der Waals surface area contributed by atoms with E-state index in [9.17, 15) is 9.18 Å². The minimum Gasteiger partial charge on any atom is -0.328 e. The third-order valence-electron chi connectivity index (χ3n) is 5.04. The number of carbonyl (C=O) groups is 1. The second kappa shape index (κ2) is 8.19. The first-order valence-electron chi connectivity index (χ1n) is 9.19. The highest BCUT2D eigenvalue weighted by molar-refractivity contribution is 7.20. The number of nitrogens with zero attached hydrogens (tertiary/aromatic N) is 3. The number of fused-ring (bicyclic) bond motifs is 1. The van der Waals surface area contributed by atoms with Crippen molar-refractivity contribution in [3.63, 3.8) is 0 Å². The van der Waals surface area contributed by atoms with Crippen LogP contribution in [-0.4, -0.2) is 40.2 Å². The number of piperazine rings is 1. The number of nitrogens with one attached hydrogen (secondary N) is 1. The highest BCUT2D eigenvalue weighted by atomic mass is 35.5. The van der Waals surface area contributed by atoms with Crippen LogP contribution in [0.25, 0.3) is 10.2 Å². The molecule has 0 spiro atoms.